The molecule has 0 N–H and O–H groups in total. The Labute approximate surface area is 65.9 Å². The smallest absolute Gasteiger partial charge is 0.0622 e. The topological polar surface area (TPSA) is 0 Å². The lowest BCUT2D eigenvalue weighted by Crippen LogP contribution is -1.81. The largest absolute Gasteiger partial charge is 0.196 e. The quantitative estimate of drug-likeness (QED) is 0.447. The molecule has 1 aromatic rings. The van der Waals surface area contributed by atoms with Crippen LogP contribution < -0.4 is 0 Å². The molecule has 0 radical (unpaired) electrons. The number of benzene rings is 1. The summed E-state index contributed by atoms with van der Waals surface area (Å²) < 4.78 is 0. The van der Waals surface area contributed by atoms with E-state index in [1.807, 2.05) is 17.4 Å². The molecule has 52 valence electrons. The van der Waals surface area contributed by atoms with E-state index in [0.29, 0.717) is 0 Å². The number of rotatable bonds is 2. The molecule has 0 nitrogen and oxygen atoms in total. The average molecular weight is 151 g/mol. The van der Waals surface area contributed by atoms with Crippen molar-refractivity contribution in [1.29, 1.82) is 0 Å². The summed E-state index contributed by atoms with van der Waals surface area (Å²) in [5.74, 6) is 1.15. The van der Waals surface area contributed by atoms with Crippen LogP contribution in [0.5, 0.6) is 0 Å². The molecule has 0 fully saturated rings. The Morgan fingerprint density at radius 1 is 1.30 bits per heavy atom. The van der Waals surface area contributed by atoms with Crippen molar-refractivity contribution in [2.45, 2.75) is 6.92 Å². The maximum atomic E-state index is 2.18. The lowest BCUT2D eigenvalue weighted by atomic mass is 10.2. The SMILES string of the molecule is CC[S+]=Cc1ccccc1. The lowest BCUT2D eigenvalue weighted by molar-refractivity contribution is 1.54. The first kappa shape index (κ1) is 7.42. The van der Waals surface area contributed by atoms with E-state index >= 15 is 0 Å². The van der Waals surface area contributed by atoms with Crippen LogP contribution >= 0.6 is 0 Å². The molecular formula is C9H11S+. The van der Waals surface area contributed by atoms with Crippen LogP contribution in [0.1, 0.15) is 12.5 Å². The van der Waals surface area contributed by atoms with E-state index in [0.717, 1.165) is 5.75 Å². The summed E-state index contributed by atoms with van der Waals surface area (Å²) in [4.78, 5) is 0. The summed E-state index contributed by atoms with van der Waals surface area (Å²) in [5.41, 5.74) is 1.30. The van der Waals surface area contributed by atoms with Crippen molar-refractivity contribution < 1.29 is 0 Å². The minimum absolute atomic E-state index is 1.15. The summed E-state index contributed by atoms with van der Waals surface area (Å²) in [6.07, 6.45) is 0. The van der Waals surface area contributed by atoms with E-state index in [-0.39, 0.29) is 0 Å². The van der Waals surface area contributed by atoms with Crippen molar-refractivity contribution >= 4 is 16.7 Å². The fraction of sp³-hybridized carbons (Fsp3) is 0.222. The van der Waals surface area contributed by atoms with Crippen LogP contribution in [0.3, 0.4) is 0 Å². The Hall–Kier alpha value is -0.690. The molecule has 1 aromatic carbocycles. The van der Waals surface area contributed by atoms with E-state index in [1.165, 1.54) is 5.56 Å². The van der Waals surface area contributed by atoms with Crippen LogP contribution in [0.15, 0.2) is 30.3 Å². The first-order valence-corrected chi connectivity index (χ1v) is 4.48. The van der Waals surface area contributed by atoms with Gasteiger partial charge in [-0.15, -0.1) is 0 Å². The van der Waals surface area contributed by atoms with Gasteiger partial charge in [0.1, 0.15) is 0 Å². The van der Waals surface area contributed by atoms with Gasteiger partial charge in [-0.05, 0) is 19.1 Å². The van der Waals surface area contributed by atoms with E-state index in [2.05, 4.69) is 36.6 Å². The molecule has 0 unspecified atom stereocenters. The minimum Gasteiger partial charge on any atom is -0.0622 e. The summed E-state index contributed by atoms with van der Waals surface area (Å²) in [7, 11) is 0. The molecule has 0 aliphatic rings. The summed E-state index contributed by atoms with van der Waals surface area (Å²) in [5, 5.41) is 2.18. The van der Waals surface area contributed by atoms with Crippen molar-refractivity contribution in [3.8, 4) is 0 Å². The van der Waals surface area contributed by atoms with Crippen LogP contribution in [0, 0.1) is 0 Å². The first-order chi connectivity index (χ1) is 4.93. The highest BCUT2D eigenvalue weighted by molar-refractivity contribution is 7.77. The average Bonchev–Trinajstić information content (AvgIpc) is 2.03. The monoisotopic (exact) mass is 151 g/mol. The summed E-state index contributed by atoms with van der Waals surface area (Å²) in [6.45, 7) is 2.16. The van der Waals surface area contributed by atoms with E-state index in [4.69, 9.17) is 0 Å². The summed E-state index contributed by atoms with van der Waals surface area (Å²) in [6, 6.07) is 10.4. The highest BCUT2D eigenvalue weighted by Crippen LogP contribution is 1.92. The first-order valence-electron chi connectivity index (χ1n) is 3.43. The maximum Gasteiger partial charge on any atom is 0.196 e. The van der Waals surface area contributed by atoms with Crippen LogP contribution in [0.2, 0.25) is 0 Å². The standard InChI is InChI=1S/C9H11S/c1-2-10-8-9-6-4-3-5-7-9/h3-8H,2H2,1H3/q+1. The lowest BCUT2D eigenvalue weighted by Gasteiger charge is -1.81. The Morgan fingerprint density at radius 2 is 2.00 bits per heavy atom. The van der Waals surface area contributed by atoms with Crippen LogP contribution in [-0.2, 0) is 11.4 Å². The van der Waals surface area contributed by atoms with Crippen molar-refractivity contribution in [2.24, 2.45) is 0 Å². The van der Waals surface area contributed by atoms with Gasteiger partial charge in [0.25, 0.3) is 0 Å². The van der Waals surface area contributed by atoms with Gasteiger partial charge < -0.3 is 0 Å². The zero-order valence-corrected chi connectivity index (χ0v) is 6.90. The molecule has 0 spiro atoms. The molecule has 0 amide bonds. The zero-order valence-electron chi connectivity index (χ0n) is 6.08. The molecule has 0 heterocycles. The molecular weight excluding hydrogens is 140 g/mol. The zero-order chi connectivity index (χ0) is 7.23. The summed E-state index contributed by atoms with van der Waals surface area (Å²) >= 11 is 1.84. The van der Waals surface area contributed by atoms with Gasteiger partial charge in [-0.3, -0.25) is 0 Å². The molecule has 0 aromatic heterocycles. The second kappa shape index (κ2) is 4.18. The molecule has 1 rings (SSSR count). The van der Waals surface area contributed by atoms with Gasteiger partial charge >= 0.3 is 0 Å². The van der Waals surface area contributed by atoms with Gasteiger partial charge in [0.05, 0.1) is 0 Å². The van der Waals surface area contributed by atoms with Gasteiger partial charge in [0, 0.05) is 5.56 Å². The Kier molecular flexibility index (Phi) is 3.10. The maximum absolute atomic E-state index is 2.18. The molecule has 1 heteroatoms. The van der Waals surface area contributed by atoms with Crippen LogP contribution in [0.4, 0.5) is 0 Å². The minimum atomic E-state index is 1.15. The highest BCUT2D eigenvalue weighted by atomic mass is 32.1. The molecule has 0 bridgehead atoms. The second-order valence-electron chi connectivity index (χ2n) is 1.98. The van der Waals surface area contributed by atoms with Gasteiger partial charge in [-0.2, -0.15) is 0 Å². The van der Waals surface area contributed by atoms with Crippen molar-refractivity contribution in [3.63, 3.8) is 0 Å². The third-order valence-corrected chi connectivity index (χ3v) is 1.96. The molecule has 10 heavy (non-hydrogen) atoms. The van der Waals surface area contributed by atoms with E-state index < -0.39 is 0 Å². The third kappa shape index (κ3) is 2.28. The van der Waals surface area contributed by atoms with Crippen LogP contribution in [-0.4, -0.2) is 11.1 Å². The second-order valence-corrected chi connectivity index (χ2v) is 3.13. The van der Waals surface area contributed by atoms with Crippen LogP contribution in [0.25, 0.3) is 0 Å². The molecule has 0 saturated carbocycles. The van der Waals surface area contributed by atoms with Gasteiger partial charge in [0.2, 0.25) is 0 Å². The van der Waals surface area contributed by atoms with E-state index in [1.54, 1.807) is 0 Å². The van der Waals surface area contributed by atoms with Crippen molar-refractivity contribution in [3.05, 3.63) is 35.9 Å². The Morgan fingerprint density at radius 3 is 2.60 bits per heavy atom. The Bertz CT molecular complexity index is 201. The highest BCUT2D eigenvalue weighted by Gasteiger charge is 1.89. The van der Waals surface area contributed by atoms with Crippen molar-refractivity contribution in [2.75, 3.05) is 5.75 Å². The fourth-order valence-corrected chi connectivity index (χ4v) is 1.23. The van der Waals surface area contributed by atoms with Gasteiger partial charge in [-0.25, -0.2) is 0 Å². The molecule has 0 aliphatic carbocycles. The third-order valence-electron chi connectivity index (χ3n) is 1.19. The molecule has 0 atom stereocenters. The Balaban J connectivity index is 2.67. The van der Waals surface area contributed by atoms with Gasteiger partial charge in [0.15, 0.2) is 22.5 Å². The fourth-order valence-electron chi connectivity index (χ4n) is 0.711. The number of hydrogen-bond acceptors (Lipinski definition) is 0. The van der Waals surface area contributed by atoms with E-state index in [9.17, 15) is 0 Å². The predicted molar refractivity (Wildman–Crippen MR) is 49.5 cm³/mol. The normalized spacial score (nSPS) is 10.5. The molecule has 0 saturated heterocycles. The van der Waals surface area contributed by atoms with Crippen molar-refractivity contribution in [1.82, 2.24) is 0 Å². The number of hydrogen-bond donors (Lipinski definition) is 0. The molecule has 0 aliphatic heterocycles. The predicted octanol–water partition coefficient (Wildman–Crippen LogP) is 1.94. The van der Waals surface area contributed by atoms with Gasteiger partial charge in [-0.1, -0.05) is 18.2 Å².